The molecule has 0 radical (unpaired) electrons. The number of rotatable bonds is 5. The molecule has 2 aromatic heterocycles. The van der Waals surface area contributed by atoms with Crippen molar-refractivity contribution in [2.45, 2.75) is 41.0 Å². The van der Waals surface area contributed by atoms with Gasteiger partial charge in [-0.15, -0.1) is 0 Å². The molecule has 0 N–H and O–H groups in total. The summed E-state index contributed by atoms with van der Waals surface area (Å²) in [7, 11) is -1.87. The summed E-state index contributed by atoms with van der Waals surface area (Å²) in [4.78, 5) is 8.98. The second kappa shape index (κ2) is 7.02. The van der Waals surface area contributed by atoms with Crippen LogP contribution < -0.4 is 0 Å². The largest absolute Gasteiger partial charge is 0.446 e. The second-order valence-electron chi connectivity index (χ2n) is 6.99. The molecule has 1 saturated carbocycles. The number of hydrogen-bond acceptors (Lipinski definition) is 5. The highest BCUT2D eigenvalue weighted by molar-refractivity contribution is 8.00. The first-order chi connectivity index (χ1) is 13.6. The van der Waals surface area contributed by atoms with Gasteiger partial charge in [-0.2, -0.15) is 13.2 Å². The van der Waals surface area contributed by atoms with Crippen LogP contribution in [0.5, 0.6) is 0 Å². The van der Waals surface area contributed by atoms with Crippen LogP contribution in [-0.2, 0) is 16.9 Å². The second-order valence-corrected chi connectivity index (χ2v) is 10.4. The number of sulfone groups is 1. The Hall–Kier alpha value is -2.07. The fourth-order valence-corrected chi connectivity index (χ4v) is 4.89. The Morgan fingerprint density at radius 2 is 1.97 bits per heavy atom. The van der Waals surface area contributed by atoms with Gasteiger partial charge in [0.05, 0.1) is 21.7 Å². The molecule has 0 amide bonds. The summed E-state index contributed by atoms with van der Waals surface area (Å²) >= 11 is -0.211. The molecule has 5 nitrogen and oxygen atoms in total. The van der Waals surface area contributed by atoms with Gasteiger partial charge in [0.2, 0.25) is 0 Å². The van der Waals surface area contributed by atoms with Gasteiger partial charge in [-0.1, -0.05) is 6.92 Å². The predicted octanol–water partition coefficient (Wildman–Crippen LogP) is 4.92. The number of pyridine rings is 1. The van der Waals surface area contributed by atoms with Gasteiger partial charge in [-0.3, -0.25) is 4.98 Å². The van der Waals surface area contributed by atoms with Crippen LogP contribution in [0.25, 0.3) is 22.6 Å². The lowest BCUT2D eigenvalue weighted by molar-refractivity contribution is -0.0328. The Labute approximate surface area is 170 Å². The molecule has 10 heteroatoms. The van der Waals surface area contributed by atoms with Crippen molar-refractivity contribution >= 4 is 32.6 Å². The molecular weight excluding hydrogens is 423 g/mol. The lowest BCUT2D eigenvalue weighted by Gasteiger charge is -2.11. The maximum Gasteiger partial charge on any atom is 0.446 e. The molecule has 1 aliphatic rings. The van der Waals surface area contributed by atoms with Gasteiger partial charge in [0, 0.05) is 18.1 Å². The number of halogens is 3. The fourth-order valence-electron chi connectivity index (χ4n) is 3.25. The predicted molar refractivity (Wildman–Crippen MR) is 106 cm³/mol. The third kappa shape index (κ3) is 4.00. The van der Waals surface area contributed by atoms with Crippen molar-refractivity contribution in [2.75, 3.05) is 5.75 Å². The number of imidazole rings is 1. The Balaban J connectivity index is 1.87. The SMILES string of the molecule is CCS(=O)(=O)c1cc(C2CC2)cnc1-c1nc2cc(SC(F)(F)F)ccc2n1C. The van der Waals surface area contributed by atoms with E-state index >= 15 is 0 Å². The minimum absolute atomic E-state index is 0.0214. The molecule has 0 atom stereocenters. The lowest BCUT2D eigenvalue weighted by atomic mass is 10.2. The minimum atomic E-state index is -4.39. The Morgan fingerprint density at radius 3 is 2.59 bits per heavy atom. The zero-order chi connectivity index (χ0) is 21.0. The quantitative estimate of drug-likeness (QED) is 0.526. The van der Waals surface area contributed by atoms with Crippen molar-refractivity contribution in [3.8, 4) is 11.5 Å². The lowest BCUT2D eigenvalue weighted by Crippen LogP contribution is -2.09. The molecular formula is C19H18F3N3O2S2. The number of aryl methyl sites for hydroxylation is 1. The first-order valence-electron chi connectivity index (χ1n) is 9.04. The summed E-state index contributed by atoms with van der Waals surface area (Å²) in [5.74, 6) is 0.569. The monoisotopic (exact) mass is 441 g/mol. The zero-order valence-electron chi connectivity index (χ0n) is 15.7. The van der Waals surface area contributed by atoms with Gasteiger partial charge in [0.25, 0.3) is 0 Å². The molecule has 1 aromatic carbocycles. The summed E-state index contributed by atoms with van der Waals surface area (Å²) < 4.78 is 65.2. The molecule has 29 heavy (non-hydrogen) atoms. The molecule has 154 valence electrons. The number of benzene rings is 1. The summed E-state index contributed by atoms with van der Waals surface area (Å²) in [6.45, 7) is 1.57. The van der Waals surface area contributed by atoms with Crippen LogP contribution in [0.4, 0.5) is 13.2 Å². The van der Waals surface area contributed by atoms with E-state index in [0.29, 0.717) is 22.8 Å². The summed E-state index contributed by atoms with van der Waals surface area (Å²) in [6.07, 6.45) is 3.70. The average Bonchev–Trinajstić information content (AvgIpc) is 3.45. The van der Waals surface area contributed by atoms with Gasteiger partial charge in [0.1, 0.15) is 5.69 Å². The first kappa shape index (κ1) is 20.2. The highest BCUT2D eigenvalue weighted by Crippen LogP contribution is 2.42. The van der Waals surface area contributed by atoms with Crippen molar-refractivity contribution in [3.63, 3.8) is 0 Å². The van der Waals surface area contributed by atoms with Crippen molar-refractivity contribution in [1.82, 2.24) is 14.5 Å². The third-order valence-electron chi connectivity index (χ3n) is 4.94. The number of hydrogen-bond donors (Lipinski definition) is 0. The van der Waals surface area contributed by atoms with Crippen LogP contribution in [0, 0.1) is 0 Å². The number of thioether (sulfide) groups is 1. The number of fused-ring (bicyclic) bond motifs is 1. The van der Waals surface area contributed by atoms with E-state index in [1.165, 1.54) is 12.1 Å². The van der Waals surface area contributed by atoms with Crippen LogP contribution in [0.15, 0.2) is 40.3 Å². The Bertz CT molecular complexity index is 1200. The smallest absolute Gasteiger partial charge is 0.326 e. The van der Waals surface area contributed by atoms with E-state index in [1.807, 2.05) is 0 Å². The molecule has 0 aliphatic heterocycles. The van der Waals surface area contributed by atoms with Crippen molar-refractivity contribution in [2.24, 2.45) is 7.05 Å². The van der Waals surface area contributed by atoms with E-state index in [2.05, 4.69) is 9.97 Å². The van der Waals surface area contributed by atoms with Gasteiger partial charge in [0.15, 0.2) is 15.7 Å². The maximum atomic E-state index is 12.7. The van der Waals surface area contributed by atoms with E-state index in [4.69, 9.17) is 0 Å². The molecule has 4 rings (SSSR count). The highest BCUT2D eigenvalue weighted by atomic mass is 32.2. The fraction of sp³-hybridized carbons (Fsp3) is 0.368. The number of aromatic nitrogens is 3. The van der Waals surface area contributed by atoms with E-state index in [1.54, 1.807) is 36.9 Å². The number of alkyl halides is 3. The normalized spacial score (nSPS) is 15.2. The van der Waals surface area contributed by atoms with Crippen molar-refractivity contribution in [3.05, 3.63) is 36.0 Å². The zero-order valence-corrected chi connectivity index (χ0v) is 17.3. The molecule has 0 saturated heterocycles. The van der Waals surface area contributed by atoms with Gasteiger partial charge < -0.3 is 4.57 Å². The molecule has 0 bridgehead atoms. The van der Waals surface area contributed by atoms with Crippen molar-refractivity contribution in [1.29, 1.82) is 0 Å². The third-order valence-corrected chi connectivity index (χ3v) is 7.40. The van der Waals surface area contributed by atoms with E-state index in [0.717, 1.165) is 18.4 Å². The van der Waals surface area contributed by atoms with E-state index in [-0.39, 0.29) is 33.0 Å². The van der Waals surface area contributed by atoms with Crippen LogP contribution in [0.2, 0.25) is 0 Å². The van der Waals surface area contributed by atoms with Gasteiger partial charge in [-0.05, 0) is 60.4 Å². The Morgan fingerprint density at radius 1 is 1.24 bits per heavy atom. The van der Waals surface area contributed by atoms with Crippen LogP contribution in [0.3, 0.4) is 0 Å². The van der Waals surface area contributed by atoms with Gasteiger partial charge in [-0.25, -0.2) is 13.4 Å². The first-order valence-corrected chi connectivity index (χ1v) is 11.5. The number of nitrogens with zero attached hydrogens (tertiary/aromatic N) is 3. The molecule has 3 aromatic rings. The van der Waals surface area contributed by atoms with E-state index in [9.17, 15) is 21.6 Å². The van der Waals surface area contributed by atoms with Crippen LogP contribution >= 0.6 is 11.8 Å². The van der Waals surface area contributed by atoms with Crippen LogP contribution in [0.1, 0.15) is 31.2 Å². The molecule has 1 fully saturated rings. The topological polar surface area (TPSA) is 64.8 Å². The molecule has 2 heterocycles. The van der Waals surface area contributed by atoms with Gasteiger partial charge >= 0.3 is 5.51 Å². The summed E-state index contributed by atoms with van der Waals surface area (Å²) in [5, 5.41) is 0. The molecule has 1 aliphatic carbocycles. The van der Waals surface area contributed by atoms with E-state index < -0.39 is 15.3 Å². The average molecular weight is 442 g/mol. The minimum Gasteiger partial charge on any atom is -0.326 e. The van der Waals surface area contributed by atoms with Crippen molar-refractivity contribution < 1.29 is 21.6 Å². The standard InChI is InChI=1S/C19H18F3N3O2S2/c1-3-29(26,27)16-8-12(11-4-5-11)10-23-17(16)18-24-14-9-13(28-19(20,21)22)6-7-15(14)25(18)2/h6-11H,3-5H2,1-2H3. The summed E-state index contributed by atoms with van der Waals surface area (Å²) in [6, 6.07) is 5.94. The van der Waals surface area contributed by atoms with Crippen LogP contribution in [-0.4, -0.2) is 34.2 Å². The highest BCUT2D eigenvalue weighted by Gasteiger charge is 2.31. The summed E-state index contributed by atoms with van der Waals surface area (Å²) in [5.41, 5.74) is -2.33. The Kier molecular flexibility index (Phi) is 4.89. The molecule has 0 spiro atoms. The maximum absolute atomic E-state index is 12.7. The molecule has 0 unspecified atom stereocenters.